The van der Waals surface area contributed by atoms with Crippen LogP contribution in [0.15, 0.2) is 35.0 Å². The Kier molecular flexibility index (Phi) is 4.58. The second kappa shape index (κ2) is 6.67. The molecule has 0 atom stereocenters. The average molecular weight is 352 g/mol. The Labute approximate surface area is 141 Å². The number of aromatic nitrogens is 4. The molecule has 0 spiro atoms. The number of alkyl halides is 3. The Balaban J connectivity index is 1.79. The van der Waals surface area contributed by atoms with E-state index in [4.69, 9.17) is 9.52 Å². The number of hydrogen-bond donors (Lipinski definition) is 1. The number of aryl methyl sites for hydroxylation is 3. The fourth-order valence-corrected chi connectivity index (χ4v) is 2.41. The van der Waals surface area contributed by atoms with Gasteiger partial charge in [-0.15, -0.1) is 0 Å². The number of rotatable bonds is 5. The highest BCUT2D eigenvalue weighted by atomic mass is 19.4. The topological polar surface area (TPSA) is 77.0 Å². The van der Waals surface area contributed by atoms with Crippen molar-refractivity contribution in [2.75, 3.05) is 0 Å². The van der Waals surface area contributed by atoms with Gasteiger partial charge in [0.1, 0.15) is 23.9 Å². The number of halogens is 3. The average Bonchev–Trinajstić information content (AvgIpc) is 3.20. The fourth-order valence-electron chi connectivity index (χ4n) is 2.41. The maximum absolute atomic E-state index is 12.8. The van der Waals surface area contributed by atoms with Crippen LogP contribution in [0.5, 0.6) is 0 Å². The van der Waals surface area contributed by atoms with Crippen LogP contribution in [0.25, 0.3) is 11.6 Å². The third-order valence-corrected chi connectivity index (χ3v) is 3.52. The van der Waals surface area contributed by atoms with E-state index in [0.717, 1.165) is 6.07 Å². The van der Waals surface area contributed by atoms with Gasteiger partial charge in [0.25, 0.3) is 0 Å². The summed E-state index contributed by atoms with van der Waals surface area (Å²) in [6.45, 7) is 1.62. The SMILES string of the molecule is Cc1cc(C(F)(F)F)nc(CCn2ccnc2-c2ccc(CO)o2)n1. The Morgan fingerprint density at radius 3 is 2.72 bits per heavy atom. The van der Waals surface area contributed by atoms with Crippen LogP contribution in [0.1, 0.15) is 23.0 Å². The summed E-state index contributed by atoms with van der Waals surface area (Å²) < 4.78 is 45.7. The molecule has 6 nitrogen and oxygen atoms in total. The van der Waals surface area contributed by atoms with Gasteiger partial charge < -0.3 is 14.1 Å². The van der Waals surface area contributed by atoms with Crippen LogP contribution in [0.3, 0.4) is 0 Å². The Hall–Kier alpha value is -2.68. The first-order valence-corrected chi connectivity index (χ1v) is 7.49. The summed E-state index contributed by atoms with van der Waals surface area (Å²) in [4.78, 5) is 11.9. The van der Waals surface area contributed by atoms with E-state index >= 15 is 0 Å². The van der Waals surface area contributed by atoms with E-state index in [-0.39, 0.29) is 24.5 Å². The van der Waals surface area contributed by atoms with E-state index < -0.39 is 11.9 Å². The van der Waals surface area contributed by atoms with Crippen molar-refractivity contribution < 1.29 is 22.7 Å². The molecule has 132 valence electrons. The van der Waals surface area contributed by atoms with Crippen LogP contribution >= 0.6 is 0 Å². The highest BCUT2D eigenvalue weighted by Crippen LogP contribution is 2.28. The first kappa shape index (κ1) is 17.2. The molecule has 3 aromatic rings. The van der Waals surface area contributed by atoms with Crippen molar-refractivity contribution in [2.45, 2.75) is 32.7 Å². The van der Waals surface area contributed by atoms with Crippen LogP contribution < -0.4 is 0 Å². The molecule has 0 unspecified atom stereocenters. The van der Waals surface area contributed by atoms with Crippen molar-refractivity contribution in [3.63, 3.8) is 0 Å². The van der Waals surface area contributed by atoms with Crippen molar-refractivity contribution >= 4 is 0 Å². The number of imidazole rings is 1. The predicted octanol–water partition coefficient (Wildman–Crippen LogP) is 3.00. The largest absolute Gasteiger partial charge is 0.455 e. The zero-order valence-corrected chi connectivity index (χ0v) is 13.3. The minimum atomic E-state index is -4.50. The minimum absolute atomic E-state index is 0.113. The normalized spacial score (nSPS) is 11.9. The highest BCUT2D eigenvalue weighted by Gasteiger charge is 2.33. The van der Waals surface area contributed by atoms with E-state index in [0.29, 0.717) is 23.9 Å². The van der Waals surface area contributed by atoms with Gasteiger partial charge in [-0.25, -0.2) is 15.0 Å². The van der Waals surface area contributed by atoms with Crippen molar-refractivity contribution in [1.29, 1.82) is 0 Å². The summed E-state index contributed by atoms with van der Waals surface area (Å²) in [6.07, 6.45) is -1.04. The molecule has 0 fully saturated rings. The van der Waals surface area contributed by atoms with E-state index in [1.54, 1.807) is 29.1 Å². The lowest BCUT2D eigenvalue weighted by Crippen LogP contribution is -2.13. The zero-order chi connectivity index (χ0) is 18.0. The first-order valence-electron chi connectivity index (χ1n) is 7.49. The zero-order valence-electron chi connectivity index (χ0n) is 13.3. The van der Waals surface area contributed by atoms with E-state index in [9.17, 15) is 13.2 Å². The molecule has 3 rings (SSSR count). The lowest BCUT2D eigenvalue weighted by molar-refractivity contribution is -0.141. The molecule has 3 heterocycles. The lowest BCUT2D eigenvalue weighted by atomic mass is 10.3. The van der Waals surface area contributed by atoms with Crippen molar-refractivity contribution in [3.05, 3.63) is 53.6 Å². The molecule has 0 radical (unpaired) electrons. The third-order valence-electron chi connectivity index (χ3n) is 3.52. The smallest absolute Gasteiger partial charge is 0.433 e. The van der Waals surface area contributed by atoms with Crippen LogP contribution in [0.2, 0.25) is 0 Å². The number of aliphatic hydroxyl groups is 1. The molecule has 0 aliphatic heterocycles. The molecule has 3 aromatic heterocycles. The standard InChI is InChI=1S/C16H15F3N4O2/c1-10-8-13(16(17,18)19)22-14(21-10)4-6-23-7-5-20-15(23)12-3-2-11(9-24)25-12/h2-3,5,7-8,24H,4,6,9H2,1H3. The number of nitrogens with zero attached hydrogens (tertiary/aromatic N) is 4. The van der Waals surface area contributed by atoms with Gasteiger partial charge in [0, 0.05) is 31.1 Å². The lowest BCUT2D eigenvalue weighted by Gasteiger charge is -2.10. The molecule has 0 aromatic carbocycles. The van der Waals surface area contributed by atoms with Gasteiger partial charge in [0.05, 0.1) is 0 Å². The Morgan fingerprint density at radius 2 is 2.04 bits per heavy atom. The van der Waals surface area contributed by atoms with E-state index in [1.807, 2.05) is 0 Å². The summed E-state index contributed by atoms with van der Waals surface area (Å²) in [7, 11) is 0. The maximum Gasteiger partial charge on any atom is 0.433 e. The van der Waals surface area contributed by atoms with Crippen molar-refractivity contribution in [3.8, 4) is 11.6 Å². The quantitative estimate of drug-likeness (QED) is 0.764. The summed E-state index contributed by atoms with van der Waals surface area (Å²) in [5.74, 6) is 1.50. The molecule has 0 aliphatic carbocycles. The van der Waals surface area contributed by atoms with E-state index in [1.165, 1.54) is 6.92 Å². The monoisotopic (exact) mass is 352 g/mol. The summed E-state index contributed by atoms with van der Waals surface area (Å²) in [6, 6.07) is 4.23. The number of aliphatic hydroxyl groups excluding tert-OH is 1. The van der Waals surface area contributed by atoms with Crippen molar-refractivity contribution in [1.82, 2.24) is 19.5 Å². The summed E-state index contributed by atoms with van der Waals surface area (Å²) in [5, 5.41) is 9.06. The molecule has 25 heavy (non-hydrogen) atoms. The van der Waals surface area contributed by atoms with Gasteiger partial charge in [-0.3, -0.25) is 0 Å². The molecular formula is C16H15F3N4O2. The van der Waals surface area contributed by atoms with Gasteiger partial charge >= 0.3 is 6.18 Å². The molecule has 0 saturated heterocycles. The van der Waals surface area contributed by atoms with Gasteiger partial charge in [0.2, 0.25) is 0 Å². The Bertz CT molecular complexity index is 870. The number of furan rings is 1. The molecule has 0 amide bonds. The van der Waals surface area contributed by atoms with Crippen LogP contribution in [-0.4, -0.2) is 24.6 Å². The van der Waals surface area contributed by atoms with E-state index in [2.05, 4.69) is 15.0 Å². The molecule has 0 aliphatic rings. The second-order valence-electron chi connectivity index (χ2n) is 5.43. The molecular weight excluding hydrogens is 337 g/mol. The minimum Gasteiger partial charge on any atom is -0.455 e. The summed E-state index contributed by atoms with van der Waals surface area (Å²) in [5.41, 5.74) is -0.679. The van der Waals surface area contributed by atoms with Gasteiger partial charge in [-0.05, 0) is 25.1 Å². The van der Waals surface area contributed by atoms with Gasteiger partial charge in [-0.2, -0.15) is 13.2 Å². The second-order valence-corrected chi connectivity index (χ2v) is 5.43. The van der Waals surface area contributed by atoms with Crippen LogP contribution in [0, 0.1) is 6.92 Å². The fraction of sp³-hybridized carbons (Fsp3) is 0.312. The van der Waals surface area contributed by atoms with Gasteiger partial charge in [-0.1, -0.05) is 0 Å². The maximum atomic E-state index is 12.8. The summed E-state index contributed by atoms with van der Waals surface area (Å²) >= 11 is 0. The van der Waals surface area contributed by atoms with Crippen LogP contribution in [-0.2, 0) is 25.7 Å². The van der Waals surface area contributed by atoms with Gasteiger partial charge in [0.15, 0.2) is 11.6 Å². The third kappa shape index (κ3) is 3.87. The number of hydrogen-bond acceptors (Lipinski definition) is 5. The highest BCUT2D eigenvalue weighted by molar-refractivity contribution is 5.47. The molecule has 9 heteroatoms. The predicted molar refractivity (Wildman–Crippen MR) is 81.3 cm³/mol. The first-order chi connectivity index (χ1) is 11.9. The molecule has 0 bridgehead atoms. The molecule has 0 saturated carbocycles. The molecule has 1 N–H and O–H groups in total. The Morgan fingerprint density at radius 1 is 1.24 bits per heavy atom. The van der Waals surface area contributed by atoms with Crippen LogP contribution in [0.4, 0.5) is 13.2 Å². The van der Waals surface area contributed by atoms with Crippen molar-refractivity contribution in [2.24, 2.45) is 0 Å².